The summed E-state index contributed by atoms with van der Waals surface area (Å²) in [5, 5.41) is 11.5. The van der Waals surface area contributed by atoms with Crippen molar-refractivity contribution < 1.29 is 18.7 Å². The van der Waals surface area contributed by atoms with Gasteiger partial charge in [0.05, 0.1) is 12.2 Å². The van der Waals surface area contributed by atoms with Crippen LogP contribution >= 0.6 is 0 Å². The van der Waals surface area contributed by atoms with Gasteiger partial charge in [-0.15, -0.1) is 10.2 Å². The summed E-state index contributed by atoms with van der Waals surface area (Å²) >= 11 is 0. The van der Waals surface area contributed by atoms with Crippen LogP contribution in [0, 0.1) is 17.2 Å². The van der Waals surface area contributed by atoms with E-state index in [1.165, 1.54) is 31.0 Å². The first-order chi connectivity index (χ1) is 21.5. The maximum atomic E-state index is 14.4. The molecule has 0 saturated carbocycles. The molecule has 1 spiro atoms. The van der Waals surface area contributed by atoms with E-state index < -0.39 is 5.82 Å². The first kappa shape index (κ1) is 34.8. The van der Waals surface area contributed by atoms with Crippen LogP contribution in [0.1, 0.15) is 64.2 Å². The number of hydrogen-bond acceptors (Lipinski definition) is 10. The van der Waals surface area contributed by atoms with Gasteiger partial charge in [0, 0.05) is 70.9 Å². The van der Waals surface area contributed by atoms with Gasteiger partial charge < -0.3 is 29.5 Å². The zero-order valence-electron chi connectivity index (χ0n) is 28.5. The Labute approximate surface area is 268 Å². The summed E-state index contributed by atoms with van der Waals surface area (Å²) in [6.07, 6.45) is 3.39. The zero-order valence-corrected chi connectivity index (χ0v) is 28.5. The molecule has 45 heavy (non-hydrogen) atoms. The molecule has 4 rings (SSSR count). The van der Waals surface area contributed by atoms with Crippen molar-refractivity contribution >= 4 is 17.7 Å². The highest BCUT2D eigenvalue weighted by atomic mass is 19.1. The fourth-order valence-corrected chi connectivity index (χ4v) is 6.74. The monoisotopic (exact) mass is 628 g/mol. The number of carbonyl (C=O) groups excluding carboxylic acids is 1. The van der Waals surface area contributed by atoms with Crippen LogP contribution in [0.3, 0.4) is 0 Å². The van der Waals surface area contributed by atoms with Crippen LogP contribution in [0.2, 0.25) is 0 Å². The first-order valence-corrected chi connectivity index (χ1v) is 16.4. The van der Waals surface area contributed by atoms with Gasteiger partial charge >= 0.3 is 0 Å². The molecule has 1 atom stereocenters. The van der Waals surface area contributed by atoms with Crippen LogP contribution in [-0.2, 0) is 4.74 Å². The summed E-state index contributed by atoms with van der Waals surface area (Å²) in [7, 11) is 5.66. The molecule has 2 aliphatic rings. The smallest absolute Gasteiger partial charge is 0.282 e. The van der Waals surface area contributed by atoms with Crippen molar-refractivity contribution in [3.8, 4) is 11.6 Å². The van der Waals surface area contributed by atoms with Gasteiger partial charge in [0.15, 0.2) is 5.82 Å². The molecule has 2 aromatic rings. The summed E-state index contributed by atoms with van der Waals surface area (Å²) in [5.41, 5.74) is 0.327. The van der Waals surface area contributed by atoms with E-state index in [4.69, 9.17) is 14.5 Å². The molecule has 0 unspecified atom stereocenters. The molecule has 250 valence electrons. The molecule has 1 amide bonds. The number of anilines is 2. The second-order valence-electron chi connectivity index (χ2n) is 13.3. The van der Waals surface area contributed by atoms with Crippen molar-refractivity contribution in [3.05, 3.63) is 29.6 Å². The maximum Gasteiger partial charge on any atom is 0.282 e. The minimum atomic E-state index is -0.505. The Morgan fingerprint density at radius 1 is 1.16 bits per heavy atom. The highest BCUT2D eigenvalue weighted by molar-refractivity contribution is 5.97. The lowest BCUT2D eigenvalue weighted by Crippen LogP contribution is -2.62. The fourth-order valence-electron chi connectivity index (χ4n) is 6.74. The van der Waals surface area contributed by atoms with E-state index in [-0.39, 0.29) is 34.6 Å². The van der Waals surface area contributed by atoms with E-state index in [0.717, 1.165) is 52.3 Å². The predicted molar refractivity (Wildman–Crippen MR) is 176 cm³/mol. The number of halogens is 1. The molecule has 2 aliphatic heterocycles. The summed E-state index contributed by atoms with van der Waals surface area (Å²) in [5.74, 6) is 1.17. The Morgan fingerprint density at radius 2 is 1.91 bits per heavy atom. The third kappa shape index (κ3) is 8.39. The normalized spacial score (nSPS) is 16.9. The topological polar surface area (TPSA) is 99.2 Å². The van der Waals surface area contributed by atoms with Crippen LogP contribution < -0.4 is 15.0 Å². The second kappa shape index (κ2) is 15.5. The molecule has 0 radical (unpaired) electrons. The Morgan fingerprint density at radius 3 is 2.56 bits per heavy atom. The standard InChI is InChI=1S/C33H53FN8O3/c1-9-42(24(4)5)31(43)26-19-25(34)12-13-28(26)45-30-29(36-32(35-6)38-37-30)40-16-14-33(20-40)21-41(22-33)27(23(2)3)11-10-15-39(7)17-18-44-8/h12-13,19,23-24,27H,9-11,14-18,20-22H2,1-8H3,(H,35,36,38)/t27-/m1/s1. The molecule has 1 aromatic heterocycles. The Hall–Kier alpha value is -3.09. The van der Waals surface area contributed by atoms with Gasteiger partial charge in [-0.1, -0.05) is 13.8 Å². The fraction of sp³-hybridized carbons (Fsp3) is 0.697. The van der Waals surface area contributed by atoms with Gasteiger partial charge in [-0.05, 0) is 77.7 Å². The van der Waals surface area contributed by atoms with E-state index >= 15 is 0 Å². The van der Waals surface area contributed by atoms with Gasteiger partial charge in [-0.25, -0.2) is 4.39 Å². The van der Waals surface area contributed by atoms with Gasteiger partial charge in [-0.3, -0.25) is 9.69 Å². The molecule has 0 bridgehead atoms. The molecule has 0 aliphatic carbocycles. The molecule has 12 heteroatoms. The number of hydrogen-bond donors (Lipinski definition) is 1. The van der Waals surface area contributed by atoms with Crippen LogP contribution in [-0.4, -0.2) is 121 Å². The number of rotatable bonds is 16. The number of nitrogens with zero attached hydrogens (tertiary/aromatic N) is 7. The summed E-state index contributed by atoms with van der Waals surface area (Å²) < 4.78 is 25.8. The number of likely N-dealkylation sites (N-methyl/N-ethyl adjacent to an activating group) is 1. The van der Waals surface area contributed by atoms with E-state index in [1.807, 2.05) is 20.8 Å². The molecule has 1 aromatic carbocycles. The lowest BCUT2D eigenvalue weighted by molar-refractivity contribution is -0.0345. The lowest BCUT2D eigenvalue weighted by Gasteiger charge is -2.53. The maximum absolute atomic E-state index is 14.4. The zero-order chi connectivity index (χ0) is 32.7. The largest absolute Gasteiger partial charge is 0.434 e. The average Bonchev–Trinajstić information content (AvgIpc) is 3.44. The highest BCUT2D eigenvalue weighted by Gasteiger charge is 2.50. The van der Waals surface area contributed by atoms with Crippen molar-refractivity contribution in [3.63, 3.8) is 0 Å². The number of aromatic nitrogens is 3. The van der Waals surface area contributed by atoms with Crippen LogP contribution in [0.5, 0.6) is 11.6 Å². The molecule has 11 nitrogen and oxygen atoms in total. The SMILES string of the molecule is CCN(C(=O)c1cc(F)ccc1Oc1nnc(NC)nc1N1CCC2(C1)CN([C@H](CCCN(C)CCOC)C(C)C)C2)C(C)C. The molecule has 2 fully saturated rings. The number of nitrogens with one attached hydrogen (secondary N) is 1. The van der Waals surface area contributed by atoms with Crippen molar-refractivity contribution in [2.45, 2.75) is 66.0 Å². The van der Waals surface area contributed by atoms with Crippen LogP contribution in [0.15, 0.2) is 18.2 Å². The lowest BCUT2D eigenvalue weighted by atomic mass is 9.76. The molecule has 2 saturated heterocycles. The van der Waals surface area contributed by atoms with Crippen molar-refractivity contribution in [1.82, 2.24) is 29.9 Å². The molecular weight excluding hydrogens is 575 g/mol. The summed E-state index contributed by atoms with van der Waals surface area (Å²) in [4.78, 5) is 27.1. The van der Waals surface area contributed by atoms with E-state index in [9.17, 15) is 9.18 Å². The predicted octanol–water partition coefficient (Wildman–Crippen LogP) is 4.61. The van der Waals surface area contributed by atoms with Crippen molar-refractivity contribution in [2.24, 2.45) is 11.3 Å². The molecular formula is C33H53FN8O3. The molecule has 3 heterocycles. The molecule has 1 N–H and O–H groups in total. The third-order valence-electron chi connectivity index (χ3n) is 9.24. The van der Waals surface area contributed by atoms with Crippen LogP contribution in [0.4, 0.5) is 16.2 Å². The van der Waals surface area contributed by atoms with E-state index in [2.05, 4.69) is 51.1 Å². The first-order valence-electron chi connectivity index (χ1n) is 16.4. The van der Waals surface area contributed by atoms with E-state index in [1.54, 1.807) is 19.1 Å². The van der Waals surface area contributed by atoms with Crippen molar-refractivity contribution in [2.75, 3.05) is 83.8 Å². The van der Waals surface area contributed by atoms with E-state index in [0.29, 0.717) is 30.3 Å². The highest BCUT2D eigenvalue weighted by Crippen LogP contribution is 2.45. The second-order valence-corrected chi connectivity index (χ2v) is 13.3. The average molecular weight is 629 g/mol. The number of ether oxygens (including phenoxy) is 2. The number of likely N-dealkylation sites (tertiary alicyclic amines) is 1. The minimum absolute atomic E-state index is 0.0501. The van der Waals surface area contributed by atoms with Gasteiger partial charge in [0.25, 0.3) is 11.8 Å². The number of benzene rings is 1. The Kier molecular flexibility index (Phi) is 12.0. The van der Waals surface area contributed by atoms with Gasteiger partial charge in [0.2, 0.25) is 5.95 Å². The number of carbonyl (C=O) groups is 1. The van der Waals surface area contributed by atoms with Gasteiger partial charge in [0.1, 0.15) is 11.6 Å². The Bertz CT molecular complexity index is 1270. The third-order valence-corrected chi connectivity index (χ3v) is 9.24. The number of methoxy groups -OCH3 is 1. The van der Waals surface area contributed by atoms with Crippen molar-refractivity contribution in [1.29, 1.82) is 0 Å². The minimum Gasteiger partial charge on any atom is -0.434 e. The van der Waals surface area contributed by atoms with Gasteiger partial charge in [-0.2, -0.15) is 4.98 Å². The summed E-state index contributed by atoms with van der Waals surface area (Å²) in [6.45, 7) is 17.5. The Balaban J connectivity index is 1.47. The summed E-state index contributed by atoms with van der Waals surface area (Å²) in [6, 6.07) is 4.49. The number of amides is 1. The quantitative estimate of drug-likeness (QED) is 0.284. The van der Waals surface area contributed by atoms with Crippen LogP contribution in [0.25, 0.3) is 0 Å².